The van der Waals surface area contributed by atoms with Crippen molar-refractivity contribution in [3.63, 3.8) is 0 Å². The van der Waals surface area contributed by atoms with Crippen molar-refractivity contribution in [2.45, 2.75) is 6.92 Å². The maximum absolute atomic E-state index is 12.8. The van der Waals surface area contributed by atoms with Crippen LogP contribution in [-0.2, 0) is 4.79 Å². The Bertz CT molecular complexity index is 1000. The molecule has 1 aromatic heterocycles. The minimum atomic E-state index is -0.272. The largest absolute Gasteiger partial charge is 0.497 e. The summed E-state index contributed by atoms with van der Waals surface area (Å²) in [7, 11) is 1.56. The van der Waals surface area contributed by atoms with Crippen molar-refractivity contribution >= 4 is 33.4 Å². The van der Waals surface area contributed by atoms with Gasteiger partial charge >= 0.3 is 0 Å². The Morgan fingerprint density at radius 1 is 1.21 bits per heavy atom. The lowest BCUT2D eigenvalue weighted by atomic mass is 10.1. The van der Waals surface area contributed by atoms with Crippen LogP contribution in [0.2, 0.25) is 0 Å². The van der Waals surface area contributed by atoms with Crippen LogP contribution in [0.15, 0.2) is 65.4 Å². The van der Waals surface area contributed by atoms with Gasteiger partial charge in [0.2, 0.25) is 5.91 Å². The lowest BCUT2D eigenvalue weighted by molar-refractivity contribution is -0.116. The van der Waals surface area contributed by atoms with Crippen molar-refractivity contribution < 1.29 is 14.3 Å². The highest BCUT2D eigenvalue weighted by molar-refractivity contribution is 9.10. The zero-order valence-electron chi connectivity index (χ0n) is 16.1. The van der Waals surface area contributed by atoms with Crippen LogP contribution in [0.4, 0.5) is 5.69 Å². The SMILES string of the molecule is CCN(CC(=O)Nc1cccc(OC)c1)C(=O)c1ccc(-n2cc(Br)cn2)cc1. The molecule has 29 heavy (non-hydrogen) atoms. The van der Waals surface area contributed by atoms with Crippen molar-refractivity contribution in [1.29, 1.82) is 0 Å². The van der Waals surface area contributed by atoms with E-state index < -0.39 is 0 Å². The molecule has 2 amide bonds. The first-order chi connectivity index (χ1) is 14.0. The van der Waals surface area contributed by atoms with Crippen molar-refractivity contribution in [3.05, 3.63) is 71.0 Å². The van der Waals surface area contributed by atoms with Gasteiger partial charge in [-0.1, -0.05) is 6.07 Å². The Balaban J connectivity index is 1.65. The van der Waals surface area contributed by atoms with Gasteiger partial charge < -0.3 is 15.0 Å². The van der Waals surface area contributed by atoms with Gasteiger partial charge in [0.05, 0.1) is 23.5 Å². The van der Waals surface area contributed by atoms with Gasteiger partial charge in [-0.3, -0.25) is 9.59 Å². The summed E-state index contributed by atoms with van der Waals surface area (Å²) < 4.78 is 7.73. The zero-order chi connectivity index (χ0) is 20.8. The van der Waals surface area contributed by atoms with E-state index in [0.29, 0.717) is 23.5 Å². The number of aromatic nitrogens is 2. The predicted molar refractivity (Wildman–Crippen MR) is 114 cm³/mol. The maximum atomic E-state index is 12.8. The molecule has 0 aliphatic rings. The number of benzene rings is 2. The molecule has 0 aliphatic carbocycles. The highest BCUT2D eigenvalue weighted by Crippen LogP contribution is 2.17. The number of carbonyl (C=O) groups is 2. The van der Waals surface area contributed by atoms with Crippen LogP contribution < -0.4 is 10.1 Å². The Kier molecular flexibility index (Phi) is 6.66. The molecule has 7 nitrogen and oxygen atoms in total. The molecule has 3 aromatic rings. The van der Waals surface area contributed by atoms with E-state index in [-0.39, 0.29) is 18.4 Å². The van der Waals surface area contributed by atoms with E-state index in [2.05, 4.69) is 26.3 Å². The van der Waals surface area contributed by atoms with Gasteiger partial charge in [-0.2, -0.15) is 5.10 Å². The fourth-order valence-corrected chi connectivity index (χ4v) is 3.07. The van der Waals surface area contributed by atoms with Gasteiger partial charge in [0, 0.05) is 30.1 Å². The molecule has 1 N–H and O–H groups in total. The van der Waals surface area contributed by atoms with Crippen molar-refractivity contribution in [1.82, 2.24) is 14.7 Å². The number of likely N-dealkylation sites (N-methyl/N-ethyl adjacent to an activating group) is 1. The van der Waals surface area contributed by atoms with Crippen LogP contribution in [0.1, 0.15) is 17.3 Å². The van der Waals surface area contributed by atoms with E-state index in [1.54, 1.807) is 54.4 Å². The smallest absolute Gasteiger partial charge is 0.254 e. The molecule has 150 valence electrons. The molecule has 0 aliphatic heterocycles. The van der Waals surface area contributed by atoms with E-state index >= 15 is 0 Å². The molecular weight excluding hydrogens is 436 g/mol. The monoisotopic (exact) mass is 456 g/mol. The number of carbonyl (C=O) groups excluding carboxylic acids is 2. The minimum absolute atomic E-state index is 0.0413. The molecule has 1 heterocycles. The Morgan fingerprint density at radius 3 is 2.59 bits per heavy atom. The Morgan fingerprint density at radius 2 is 1.97 bits per heavy atom. The first-order valence-electron chi connectivity index (χ1n) is 9.04. The van der Waals surface area contributed by atoms with E-state index in [9.17, 15) is 9.59 Å². The zero-order valence-corrected chi connectivity index (χ0v) is 17.7. The molecule has 0 atom stereocenters. The van der Waals surface area contributed by atoms with Gasteiger partial charge in [-0.15, -0.1) is 0 Å². The Hall–Kier alpha value is -3.13. The number of hydrogen-bond donors (Lipinski definition) is 1. The second-order valence-electron chi connectivity index (χ2n) is 6.25. The Labute approximate surface area is 177 Å². The molecule has 0 unspecified atom stereocenters. The summed E-state index contributed by atoms with van der Waals surface area (Å²) in [5, 5.41) is 7.01. The van der Waals surface area contributed by atoms with Gasteiger partial charge in [0.25, 0.3) is 5.91 Å². The molecule has 2 aromatic carbocycles. The van der Waals surface area contributed by atoms with Gasteiger partial charge in [0.15, 0.2) is 0 Å². The summed E-state index contributed by atoms with van der Waals surface area (Å²) in [4.78, 5) is 26.7. The van der Waals surface area contributed by atoms with Crippen LogP contribution in [-0.4, -0.2) is 46.7 Å². The van der Waals surface area contributed by atoms with Crippen LogP contribution in [0, 0.1) is 0 Å². The van der Waals surface area contributed by atoms with Crippen LogP contribution in [0.5, 0.6) is 5.75 Å². The predicted octanol–water partition coefficient (Wildman–Crippen LogP) is 3.74. The summed E-state index contributed by atoms with van der Waals surface area (Å²) in [5.41, 5.74) is 1.97. The van der Waals surface area contributed by atoms with E-state index in [4.69, 9.17) is 4.74 Å². The molecule has 0 spiro atoms. The lowest BCUT2D eigenvalue weighted by Gasteiger charge is -2.20. The molecule has 0 saturated carbocycles. The normalized spacial score (nSPS) is 10.4. The number of anilines is 1. The summed E-state index contributed by atoms with van der Waals surface area (Å²) in [6.07, 6.45) is 3.52. The second-order valence-corrected chi connectivity index (χ2v) is 7.17. The standard InChI is InChI=1S/C21H21BrN4O3/c1-3-25(14-20(27)24-17-5-4-6-19(11-17)29-2)21(28)15-7-9-18(10-8-15)26-13-16(22)12-23-26/h4-13H,3,14H2,1-2H3,(H,24,27). The number of nitrogens with one attached hydrogen (secondary N) is 1. The maximum Gasteiger partial charge on any atom is 0.254 e. The van der Waals surface area contributed by atoms with E-state index in [1.807, 2.05) is 25.3 Å². The van der Waals surface area contributed by atoms with Crippen molar-refractivity contribution in [2.75, 3.05) is 25.5 Å². The summed E-state index contributed by atoms with van der Waals surface area (Å²) in [5.74, 6) is 0.170. The third-order valence-electron chi connectivity index (χ3n) is 4.29. The molecule has 0 radical (unpaired) electrons. The van der Waals surface area contributed by atoms with E-state index in [0.717, 1.165) is 10.2 Å². The third kappa shape index (κ3) is 5.23. The highest BCUT2D eigenvalue weighted by atomic mass is 79.9. The van der Waals surface area contributed by atoms with Gasteiger partial charge in [-0.25, -0.2) is 4.68 Å². The molecule has 3 rings (SSSR count). The number of halogens is 1. The highest BCUT2D eigenvalue weighted by Gasteiger charge is 2.18. The molecule has 0 saturated heterocycles. The van der Waals surface area contributed by atoms with E-state index in [1.165, 1.54) is 4.90 Å². The van der Waals surface area contributed by atoms with Crippen molar-refractivity contribution in [2.24, 2.45) is 0 Å². The van der Waals surface area contributed by atoms with Gasteiger partial charge in [0.1, 0.15) is 12.3 Å². The van der Waals surface area contributed by atoms with Crippen molar-refractivity contribution in [3.8, 4) is 11.4 Å². The quantitative estimate of drug-likeness (QED) is 0.587. The first-order valence-corrected chi connectivity index (χ1v) is 9.83. The molecule has 8 heteroatoms. The topological polar surface area (TPSA) is 76.5 Å². The fourth-order valence-electron chi connectivity index (χ4n) is 2.78. The number of hydrogen-bond acceptors (Lipinski definition) is 4. The molecular formula is C21H21BrN4O3. The number of nitrogens with zero attached hydrogens (tertiary/aromatic N) is 3. The molecule has 0 fully saturated rings. The third-order valence-corrected chi connectivity index (χ3v) is 4.70. The summed E-state index contributed by atoms with van der Waals surface area (Å²) in [6.45, 7) is 2.21. The minimum Gasteiger partial charge on any atom is -0.497 e. The first kappa shape index (κ1) is 20.6. The average molecular weight is 457 g/mol. The number of rotatable bonds is 7. The van der Waals surface area contributed by atoms with Crippen LogP contribution >= 0.6 is 15.9 Å². The van der Waals surface area contributed by atoms with Gasteiger partial charge in [-0.05, 0) is 59.3 Å². The average Bonchev–Trinajstić information content (AvgIpc) is 3.18. The fraction of sp³-hybridized carbons (Fsp3) is 0.190. The summed E-state index contributed by atoms with van der Waals surface area (Å²) in [6, 6.07) is 14.2. The number of ether oxygens (including phenoxy) is 1. The second kappa shape index (κ2) is 9.38. The lowest BCUT2D eigenvalue weighted by Crippen LogP contribution is -2.37. The number of amides is 2. The number of methoxy groups -OCH3 is 1. The van der Waals surface area contributed by atoms with Crippen LogP contribution in [0.3, 0.4) is 0 Å². The van der Waals surface area contributed by atoms with Crippen LogP contribution in [0.25, 0.3) is 5.69 Å². The molecule has 0 bridgehead atoms. The summed E-state index contributed by atoms with van der Waals surface area (Å²) >= 11 is 3.36.